The number of benzene rings is 1. The SMILES string of the molecule is CN1CCN(C(CNC(C)(C)C)c2ccccc2)CC1. The van der Waals surface area contributed by atoms with Gasteiger partial charge in [-0.15, -0.1) is 0 Å². The van der Waals surface area contributed by atoms with Crippen molar-refractivity contribution in [2.24, 2.45) is 0 Å². The lowest BCUT2D eigenvalue weighted by Gasteiger charge is -2.39. The first kappa shape index (κ1) is 15.5. The third-order valence-electron chi connectivity index (χ3n) is 3.99. The molecule has 1 aromatic carbocycles. The van der Waals surface area contributed by atoms with Gasteiger partial charge in [0.05, 0.1) is 0 Å². The molecule has 20 heavy (non-hydrogen) atoms. The molecule has 3 nitrogen and oxygen atoms in total. The Hall–Kier alpha value is -0.900. The zero-order chi connectivity index (χ0) is 14.6. The third-order valence-corrected chi connectivity index (χ3v) is 3.99. The molecule has 1 heterocycles. The molecular weight excluding hydrogens is 246 g/mol. The van der Waals surface area contributed by atoms with Crippen LogP contribution in [0, 0.1) is 0 Å². The van der Waals surface area contributed by atoms with Crippen LogP contribution in [0.5, 0.6) is 0 Å². The third kappa shape index (κ3) is 4.58. The van der Waals surface area contributed by atoms with Crippen molar-refractivity contribution in [1.29, 1.82) is 0 Å². The Morgan fingerprint density at radius 2 is 1.65 bits per heavy atom. The summed E-state index contributed by atoms with van der Waals surface area (Å²) in [6.45, 7) is 12.4. The summed E-state index contributed by atoms with van der Waals surface area (Å²) in [7, 11) is 2.21. The maximum atomic E-state index is 3.67. The van der Waals surface area contributed by atoms with E-state index in [1.165, 1.54) is 18.7 Å². The van der Waals surface area contributed by atoms with Gasteiger partial charge in [-0.2, -0.15) is 0 Å². The first-order valence-corrected chi connectivity index (χ1v) is 7.68. The van der Waals surface area contributed by atoms with Gasteiger partial charge in [-0.05, 0) is 33.4 Å². The van der Waals surface area contributed by atoms with Crippen LogP contribution in [0.25, 0.3) is 0 Å². The molecule has 0 spiro atoms. The van der Waals surface area contributed by atoms with E-state index in [4.69, 9.17) is 0 Å². The summed E-state index contributed by atoms with van der Waals surface area (Å²) in [4.78, 5) is 5.03. The fourth-order valence-corrected chi connectivity index (χ4v) is 2.67. The number of piperazine rings is 1. The molecule has 0 amide bonds. The first-order chi connectivity index (χ1) is 9.46. The van der Waals surface area contributed by atoms with Gasteiger partial charge < -0.3 is 10.2 Å². The lowest BCUT2D eigenvalue weighted by atomic mass is 10.0. The Labute approximate surface area is 124 Å². The van der Waals surface area contributed by atoms with Crippen LogP contribution in [0.1, 0.15) is 32.4 Å². The minimum atomic E-state index is 0.166. The van der Waals surface area contributed by atoms with Crippen molar-refractivity contribution in [2.75, 3.05) is 39.8 Å². The lowest BCUT2D eigenvalue weighted by molar-refractivity contribution is 0.106. The van der Waals surface area contributed by atoms with Gasteiger partial charge in [0.1, 0.15) is 0 Å². The Kier molecular flexibility index (Phi) is 5.19. The van der Waals surface area contributed by atoms with Gasteiger partial charge in [0.25, 0.3) is 0 Å². The van der Waals surface area contributed by atoms with Gasteiger partial charge in [0, 0.05) is 44.3 Å². The molecule has 1 aliphatic rings. The summed E-state index contributed by atoms with van der Waals surface area (Å²) in [6, 6.07) is 11.4. The highest BCUT2D eigenvalue weighted by Gasteiger charge is 2.24. The molecule has 2 rings (SSSR count). The number of likely N-dealkylation sites (N-methyl/N-ethyl adjacent to an activating group) is 1. The van der Waals surface area contributed by atoms with Crippen molar-refractivity contribution in [3.05, 3.63) is 35.9 Å². The predicted molar refractivity (Wildman–Crippen MR) is 86.0 cm³/mol. The summed E-state index contributed by atoms with van der Waals surface area (Å²) in [5.41, 5.74) is 1.59. The fourth-order valence-electron chi connectivity index (χ4n) is 2.67. The highest BCUT2D eigenvalue weighted by Crippen LogP contribution is 2.22. The second-order valence-corrected chi connectivity index (χ2v) is 6.90. The number of nitrogens with zero attached hydrogens (tertiary/aromatic N) is 2. The van der Waals surface area contributed by atoms with E-state index < -0.39 is 0 Å². The molecule has 1 aliphatic heterocycles. The molecule has 1 aromatic rings. The summed E-state index contributed by atoms with van der Waals surface area (Å²) in [6.07, 6.45) is 0. The molecular formula is C17H29N3. The van der Waals surface area contributed by atoms with Gasteiger partial charge in [-0.1, -0.05) is 30.3 Å². The van der Waals surface area contributed by atoms with Crippen molar-refractivity contribution in [1.82, 2.24) is 15.1 Å². The van der Waals surface area contributed by atoms with Crippen molar-refractivity contribution >= 4 is 0 Å². The maximum absolute atomic E-state index is 3.67. The lowest BCUT2D eigenvalue weighted by Crippen LogP contribution is -2.49. The van der Waals surface area contributed by atoms with Gasteiger partial charge in [0.2, 0.25) is 0 Å². The van der Waals surface area contributed by atoms with Crippen LogP contribution in [0.4, 0.5) is 0 Å². The van der Waals surface area contributed by atoms with Crippen molar-refractivity contribution in [3.8, 4) is 0 Å². The van der Waals surface area contributed by atoms with Gasteiger partial charge >= 0.3 is 0 Å². The Morgan fingerprint density at radius 1 is 1.05 bits per heavy atom. The van der Waals surface area contributed by atoms with Crippen molar-refractivity contribution in [3.63, 3.8) is 0 Å². The van der Waals surface area contributed by atoms with E-state index in [1.54, 1.807) is 0 Å². The second kappa shape index (κ2) is 6.70. The van der Waals surface area contributed by atoms with Crippen LogP contribution in [0.3, 0.4) is 0 Å². The van der Waals surface area contributed by atoms with E-state index >= 15 is 0 Å². The minimum Gasteiger partial charge on any atom is -0.310 e. The Bertz CT molecular complexity index is 388. The van der Waals surface area contributed by atoms with E-state index in [9.17, 15) is 0 Å². The molecule has 3 heteroatoms. The molecule has 0 radical (unpaired) electrons. The highest BCUT2D eigenvalue weighted by molar-refractivity contribution is 5.19. The molecule has 0 aromatic heterocycles. The largest absolute Gasteiger partial charge is 0.310 e. The molecule has 0 aliphatic carbocycles. The smallest absolute Gasteiger partial charge is 0.0473 e. The summed E-state index contributed by atoms with van der Waals surface area (Å²) in [5.74, 6) is 0. The summed E-state index contributed by atoms with van der Waals surface area (Å²) < 4.78 is 0. The molecule has 1 unspecified atom stereocenters. The molecule has 1 fully saturated rings. The van der Waals surface area contributed by atoms with Crippen LogP contribution in [0.2, 0.25) is 0 Å². The number of hydrogen-bond acceptors (Lipinski definition) is 3. The Morgan fingerprint density at radius 3 is 2.20 bits per heavy atom. The van der Waals surface area contributed by atoms with Crippen molar-refractivity contribution < 1.29 is 0 Å². The standard InChI is InChI=1S/C17H29N3/c1-17(2,3)18-14-16(15-8-6-5-7-9-15)20-12-10-19(4)11-13-20/h5-9,16,18H,10-14H2,1-4H3. The van der Waals surface area contributed by atoms with Crippen LogP contribution >= 0.6 is 0 Å². The van der Waals surface area contributed by atoms with Crippen LogP contribution < -0.4 is 5.32 Å². The van der Waals surface area contributed by atoms with E-state index in [0.717, 1.165) is 19.6 Å². The number of hydrogen-bond donors (Lipinski definition) is 1. The second-order valence-electron chi connectivity index (χ2n) is 6.90. The number of nitrogens with one attached hydrogen (secondary N) is 1. The molecule has 1 saturated heterocycles. The van der Waals surface area contributed by atoms with Gasteiger partial charge in [0.15, 0.2) is 0 Å². The molecule has 0 bridgehead atoms. The molecule has 0 saturated carbocycles. The van der Waals surface area contributed by atoms with E-state index in [-0.39, 0.29) is 5.54 Å². The Balaban J connectivity index is 2.08. The maximum Gasteiger partial charge on any atom is 0.0473 e. The van der Waals surface area contributed by atoms with Crippen molar-refractivity contribution in [2.45, 2.75) is 32.4 Å². The summed E-state index contributed by atoms with van der Waals surface area (Å²) >= 11 is 0. The molecule has 112 valence electrons. The van der Waals surface area contributed by atoms with E-state index in [0.29, 0.717) is 6.04 Å². The zero-order valence-corrected chi connectivity index (χ0v) is 13.4. The highest BCUT2D eigenvalue weighted by atomic mass is 15.3. The number of rotatable bonds is 4. The summed E-state index contributed by atoms with van der Waals surface area (Å²) in [5, 5.41) is 3.67. The predicted octanol–water partition coefficient (Wildman–Crippen LogP) is 2.36. The van der Waals surface area contributed by atoms with Gasteiger partial charge in [-0.3, -0.25) is 4.90 Å². The quantitative estimate of drug-likeness (QED) is 0.910. The van der Waals surface area contributed by atoms with Crippen LogP contribution in [-0.4, -0.2) is 55.1 Å². The normalized spacial score (nSPS) is 20.0. The first-order valence-electron chi connectivity index (χ1n) is 7.68. The zero-order valence-electron chi connectivity index (χ0n) is 13.4. The minimum absolute atomic E-state index is 0.166. The monoisotopic (exact) mass is 275 g/mol. The average Bonchev–Trinajstić information content (AvgIpc) is 2.41. The fraction of sp³-hybridized carbons (Fsp3) is 0.647. The topological polar surface area (TPSA) is 18.5 Å². The van der Waals surface area contributed by atoms with E-state index in [1.807, 2.05) is 0 Å². The van der Waals surface area contributed by atoms with Crippen LogP contribution in [0.15, 0.2) is 30.3 Å². The van der Waals surface area contributed by atoms with Gasteiger partial charge in [-0.25, -0.2) is 0 Å². The molecule has 1 N–H and O–H groups in total. The average molecular weight is 275 g/mol. The van der Waals surface area contributed by atoms with E-state index in [2.05, 4.69) is 73.3 Å². The van der Waals surface area contributed by atoms with Crippen LogP contribution in [-0.2, 0) is 0 Å². The molecule has 1 atom stereocenters.